The van der Waals surface area contributed by atoms with Crippen molar-refractivity contribution in [3.8, 4) is 0 Å². The van der Waals surface area contributed by atoms with Gasteiger partial charge >= 0.3 is 6.03 Å². The number of nitrogens with zero attached hydrogens (tertiary/aromatic N) is 2. The maximum Gasteiger partial charge on any atom is 0.319 e. The van der Waals surface area contributed by atoms with Gasteiger partial charge in [-0.3, -0.25) is 9.78 Å². The third-order valence-electron chi connectivity index (χ3n) is 6.06. The Labute approximate surface area is 183 Å². The number of anilines is 2. The molecule has 0 spiro atoms. The summed E-state index contributed by atoms with van der Waals surface area (Å²) in [7, 11) is 0. The number of carbonyl (C=O) groups excluding carboxylic acids is 2. The predicted octanol–water partition coefficient (Wildman–Crippen LogP) is 4.07. The fourth-order valence-corrected chi connectivity index (χ4v) is 4.41. The molecule has 2 heterocycles. The van der Waals surface area contributed by atoms with Gasteiger partial charge in [-0.05, 0) is 55.5 Å². The van der Waals surface area contributed by atoms with Crippen LogP contribution in [0, 0.1) is 0 Å². The number of carbonyl (C=O) groups is 2. The summed E-state index contributed by atoms with van der Waals surface area (Å²) in [4.78, 5) is 31.9. The Kier molecular flexibility index (Phi) is 7.02. The minimum atomic E-state index is -0.206. The molecule has 1 aliphatic carbocycles. The molecule has 7 heteroatoms. The lowest BCUT2D eigenvalue weighted by Crippen LogP contribution is -2.39. The highest BCUT2D eigenvalue weighted by Gasteiger charge is 2.21. The van der Waals surface area contributed by atoms with Crippen LogP contribution in [0.5, 0.6) is 0 Å². The number of hydrogen-bond acceptors (Lipinski definition) is 4. The monoisotopic (exact) mass is 421 g/mol. The maximum atomic E-state index is 13.1. The molecule has 1 aromatic heterocycles. The fraction of sp³-hybridized carbons (Fsp3) is 0.458. The van der Waals surface area contributed by atoms with Crippen molar-refractivity contribution < 1.29 is 9.59 Å². The first-order valence-electron chi connectivity index (χ1n) is 11.3. The third kappa shape index (κ3) is 5.75. The Morgan fingerprint density at radius 3 is 2.58 bits per heavy atom. The van der Waals surface area contributed by atoms with Crippen molar-refractivity contribution in [2.45, 2.75) is 57.5 Å². The number of hydrogen-bond donors (Lipinski definition) is 3. The molecule has 2 fully saturated rings. The quantitative estimate of drug-likeness (QED) is 0.656. The molecular formula is C24H31N5O2. The second kappa shape index (κ2) is 10.3. The summed E-state index contributed by atoms with van der Waals surface area (Å²) >= 11 is 0. The van der Waals surface area contributed by atoms with E-state index >= 15 is 0 Å². The number of urea groups is 1. The molecule has 1 saturated carbocycles. The molecule has 4 rings (SSSR count). The summed E-state index contributed by atoms with van der Waals surface area (Å²) in [5, 5.41) is 8.97. The van der Waals surface area contributed by atoms with Crippen molar-refractivity contribution in [2.75, 3.05) is 23.3 Å². The van der Waals surface area contributed by atoms with Crippen LogP contribution in [0.15, 0.2) is 42.7 Å². The molecule has 3 N–H and O–H groups in total. The Morgan fingerprint density at radius 1 is 1.03 bits per heavy atom. The smallest absolute Gasteiger partial charge is 0.319 e. The van der Waals surface area contributed by atoms with Crippen LogP contribution in [0.2, 0.25) is 0 Å². The average Bonchev–Trinajstić information content (AvgIpc) is 3.33. The summed E-state index contributed by atoms with van der Waals surface area (Å²) in [6.45, 7) is 2.29. The lowest BCUT2D eigenvalue weighted by Gasteiger charge is -2.24. The van der Waals surface area contributed by atoms with Gasteiger partial charge in [0.05, 0.1) is 5.56 Å². The van der Waals surface area contributed by atoms with Gasteiger partial charge in [0.1, 0.15) is 0 Å². The van der Waals surface area contributed by atoms with Crippen molar-refractivity contribution in [1.29, 1.82) is 0 Å². The minimum Gasteiger partial charge on any atom is -0.371 e. The topological polar surface area (TPSA) is 86.4 Å². The van der Waals surface area contributed by atoms with E-state index in [1.165, 1.54) is 6.42 Å². The minimum absolute atomic E-state index is 0.151. The third-order valence-corrected chi connectivity index (χ3v) is 6.06. The highest BCUT2D eigenvalue weighted by Crippen LogP contribution is 2.28. The molecular weight excluding hydrogens is 390 g/mol. The second-order valence-electron chi connectivity index (χ2n) is 8.40. The van der Waals surface area contributed by atoms with Crippen molar-refractivity contribution in [3.05, 3.63) is 53.9 Å². The predicted molar refractivity (Wildman–Crippen MR) is 122 cm³/mol. The van der Waals surface area contributed by atoms with Crippen molar-refractivity contribution >= 4 is 23.3 Å². The lowest BCUT2D eigenvalue weighted by atomic mass is 9.96. The van der Waals surface area contributed by atoms with Crippen LogP contribution >= 0.6 is 0 Å². The molecule has 2 aliphatic rings. The Bertz CT molecular complexity index is 890. The molecule has 31 heavy (non-hydrogen) atoms. The second-order valence-corrected chi connectivity index (χ2v) is 8.40. The first kappa shape index (κ1) is 21.2. The molecule has 0 radical (unpaired) electrons. The van der Waals surface area contributed by atoms with Crippen molar-refractivity contribution in [3.63, 3.8) is 0 Å². The van der Waals surface area contributed by atoms with Gasteiger partial charge in [0, 0.05) is 49.4 Å². The zero-order chi connectivity index (χ0) is 21.5. The van der Waals surface area contributed by atoms with E-state index in [1.807, 2.05) is 24.3 Å². The molecule has 164 valence electrons. The van der Waals surface area contributed by atoms with Gasteiger partial charge in [0.15, 0.2) is 0 Å². The van der Waals surface area contributed by atoms with Crippen LogP contribution in [0.25, 0.3) is 0 Å². The maximum absolute atomic E-state index is 13.1. The van der Waals surface area contributed by atoms with E-state index in [1.54, 1.807) is 18.5 Å². The number of benzene rings is 1. The van der Waals surface area contributed by atoms with E-state index < -0.39 is 0 Å². The van der Waals surface area contributed by atoms with Crippen LogP contribution in [0.3, 0.4) is 0 Å². The van der Waals surface area contributed by atoms with Crippen LogP contribution in [-0.2, 0) is 6.54 Å². The SMILES string of the molecule is O=C(Nc1ccc(N2CCCC2)c(C(=O)NCc2cccnc2)c1)NC1CCCCC1. The zero-order valence-corrected chi connectivity index (χ0v) is 17.9. The van der Waals surface area contributed by atoms with E-state index in [9.17, 15) is 9.59 Å². The summed E-state index contributed by atoms with van der Waals surface area (Å²) < 4.78 is 0. The number of nitrogens with one attached hydrogen (secondary N) is 3. The zero-order valence-electron chi connectivity index (χ0n) is 17.9. The van der Waals surface area contributed by atoms with E-state index in [0.717, 1.165) is 62.9 Å². The van der Waals surface area contributed by atoms with Crippen molar-refractivity contribution in [2.24, 2.45) is 0 Å². The van der Waals surface area contributed by atoms with E-state index in [2.05, 4.69) is 25.8 Å². The average molecular weight is 422 g/mol. The fourth-order valence-electron chi connectivity index (χ4n) is 4.41. The summed E-state index contributed by atoms with van der Waals surface area (Å²) in [6, 6.07) is 9.43. The van der Waals surface area contributed by atoms with Crippen LogP contribution < -0.4 is 20.9 Å². The normalized spacial score (nSPS) is 16.7. The number of pyridine rings is 1. The van der Waals surface area contributed by atoms with Crippen LogP contribution in [0.1, 0.15) is 60.9 Å². The summed E-state index contributed by atoms with van der Waals surface area (Å²) in [6.07, 6.45) is 11.3. The molecule has 0 bridgehead atoms. The van der Waals surface area contributed by atoms with Gasteiger partial charge in [-0.2, -0.15) is 0 Å². The molecule has 0 unspecified atom stereocenters. The molecule has 1 aromatic carbocycles. The highest BCUT2D eigenvalue weighted by atomic mass is 16.2. The van der Waals surface area contributed by atoms with Gasteiger partial charge in [-0.25, -0.2) is 4.79 Å². The number of rotatable bonds is 6. The molecule has 3 amide bonds. The molecule has 1 aliphatic heterocycles. The Hall–Kier alpha value is -3.09. The van der Waals surface area contributed by atoms with Gasteiger partial charge in [0.2, 0.25) is 0 Å². The molecule has 0 atom stereocenters. The van der Waals surface area contributed by atoms with E-state index in [4.69, 9.17) is 0 Å². The molecule has 2 aromatic rings. The van der Waals surface area contributed by atoms with Gasteiger partial charge in [0.25, 0.3) is 5.91 Å². The van der Waals surface area contributed by atoms with Gasteiger partial charge < -0.3 is 20.9 Å². The van der Waals surface area contributed by atoms with Crippen LogP contribution in [-0.4, -0.2) is 36.1 Å². The number of amides is 3. The molecule has 1 saturated heterocycles. The van der Waals surface area contributed by atoms with Gasteiger partial charge in [-0.1, -0.05) is 25.3 Å². The Balaban J connectivity index is 1.46. The summed E-state index contributed by atoms with van der Waals surface area (Å²) in [5.41, 5.74) is 3.07. The van der Waals surface area contributed by atoms with Crippen LogP contribution in [0.4, 0.5) is 16.2 Å². The first-order valence-corrected chi connectivity index (χ1v) is 11.3. The summed E-state index contributed by atoms with van der Waals surface area (Å²) in [5.74, 6) is -0.151. The lowest BCUT2D eigenvalue weighted by molar-refractivity contribution is 0.0951. The standard InChI is InChI=1S/C24H31N5O2/c30-23(26-17-18-7-6-12-25-16-18)21-15-20(10-11-22(21)29-13-4-5-14-29)28-24(31)27-19-8-2-1-3-9-19/h6-7,10-12,15-16,19H,1-5,8-9,13-14,17H2,(H,26,30)(H2,27,28,31). The van der Waals surface area contributed by atoms with Gasteiger partial charge in [-0.15, -0.1) is 0 Å². The highest BCUT2D eigenvalue weighted by molar-refractivity contribution is 6.02. The largest absolute Gasteiger partial charge is 0.371 e. The first-order chi connectivity index (χ1) is 15.2. The number of aromatic nitrogens is 1. The molecule has 7 nitrogen and oxygen atoms in total. The van der Waals surface area contributed by atoms with E-state index in [0.29, 0.717) is 17.8 Å². The Morgan fingerprint density at radius 2 is 1.84 bits per heavy atom. The van der Waals surface area contributed by atoms with Crippen molar-refractivity contribution in [1.82, 2.24) is 15.6 Å². The van der Waals surface area contributed by atoms with E-state index in [-0.39, 0.29) is 18.0 Å².